The number of benzene rings is 1. The Bertz CT molecular complexity index is 642. The molecule has 0 atom stereocenters. The van der Waals surface area contributed by atoms with Gasteiger partial charge in [-0.15, -0.1) is 0 Å². The quantitative estimate of drug-likeness (QED) is 0.850. The fourth-order valence-electron chi connectivity index (χ4n) is 1.78. The van der Waals surface area contributed by atoms with Crippen molar-refractivity contribution >= 4 is 22.9 Å². The summed E-state index contributed by atoms with van der Waals surface area (Å²) in [5.41, 5.74) is 6.25. The second-order valence-corrected chi connectivity index (χ2v) is 4.78. The van der Waals surface area contributed by atoms with Crippen LogP contribution in [-0.2, 0) is 12.7 Å². The molecule has 0 saturated carbocycles. The van der Waals surface area contributed by atoms with Gasteiger partial charge in [-0.1, -0.05) is 18.3 Å². The molecule has 0 unspecified atom stereocenters. The molecule has 1 aromatic heterocycles. The van der Waals surface area contributed by atoms with Crippen molar-refractivity contribution < 1.29 is 13.2 Å². The van der Waals surface area contributed by atoms with Crippen LogP contribution in [0.3, 0.4) is 0 Å². The Labute approximate surface area is 125 Å². The van der Waals surface area contributed by atoms with Crippen LogP contribution >= 0.6 is 12.2 Å². The van der Waals surface area contributed by atoms with Gasteiger partial charge in [0.15, 0.2) is 0 Å². The van der Waals surface area contributed by atoms with E-state index in [4.69, 9.17) is 18.0 Å². The van der Waals surface area contributed by atoms with Gasteiger partial charge in [0.25, 0.3) is 0 Å². The maximum atomic E-state index is 12.7. The first kappa shape index (κ1) is 15.2. The van der Waals surface area contributed by atoms with E-state index in [0.717, 1.165) is 17.7 Å². The van der Waals surface area contributed by atoms with Crippen LogP contribution in [0.5, 0.6) is 0 Å². The predicted octanol–water partition coefficient (Wildman–Crippen LogP) is 3.35. The second kappa shape index (κ2) is 6.09. The van der Waals surface area contributed by atoms with Crippen molar-refractivity contribution in [3.63, 3.8) is 0 Å². The van der Waals surface area contributed by atoms with E-state index < -0.39 is 11.7 Å². The van der Waals surface area contributed by atoms with Crippen LogP contribution in [0.2, 0.25) is 0 Å². The minimum absolute atomic E-state index is 0.0882. The van der Waals surface area contributed by atoms with Crippen molar-refractivity contribution in [1.82, 2.24) is 4.98 Å². The van der Waals surface area contributed by atoms with Crippen molar-refractivity contribution in [2.24, 2.45) is 5.73 Å². The minimum atomic E-state index is -4.43. The molecule has 0 bridgehead atoms. The van der Waals surface area contributed by atoms with Crippen molar-refractivity contribution in [2.75, 3.05) is 5.32 Å². The number of pyridine rings is 1. The lowest BCUT2D eigenvalue weighted by Crippen LogP contribution is -2.15. The Balaban J connectivity index is 2.25. The first-order valence-electron chi connectivity index (χ1n) is 6.02. The SMILES string of the molecule is NC(=S)c1cc(C(F)(F)F)ccc1NCc1cccnc1. The molecule has 1 aromatic carbocycles. The summed E-state index contributed by atoms with van der Waals surface area (Å²) in [6.07, 6.45) is -1.12. The van der Waals surface area contributed by atoms with E-state index in [1.54, 1.807) is 18.5 Å². The molecular formula is C14H12F3N3S. The van der Waals surface area contributed by atoms with Crippen LogP contribution in [0.15, 0.2) is 42.7 Å². The van der Waals surface area contributed by atoms with Crippen LogP contribution in [0.4, 0.5) is 18.9 Å². The fraction of sp³-hybridized carbons (Fsp3) is 0.143. The van der Waals surface area contributed by atoms with Crippen LogP contribution in [0.1, 0.15) is 16.7 Å². The topological polar surface area (TPSA) is 50.9 Å². The molecule has 3 N–H and O–H groups in total. The summed E-state index contributed by atoms with van der Waals surface area (Å²) in [6, 6.07) is 6.90. The average Bonchev–Trinajstić information content (AvgIpc) is 2.45. The predicted molar refractivity (Wildman–Crippen MR) is 78.9 cm³/mol. The van der Waals surface area contributed by atoms with E-state index in [1.165, 1.54) is 6.07 Å². The standard InChI is InChI=1S/C14H12F3N3S/c15-14(16,17)10-3-4-12(11(6-10)13(18)21)20-8-9-2-1-5-19-7-9/h1-7,20H,8H2,(H2,18,21). The molecule has 3 nitrogen and oxygen atoms in total. The highest BCUT2D eigenvalue weighted by Crippen LogP contribution is 2.32. The number of halogens is 3. The largest absolute Gasteiger partial charge is 0.416 e. The van der Waals surface area contributed by atoms with Gasteiger partial charge in [-0.05, 0) is 29.8 Å². The van der Waals surface area contributed by atoms with E-state index in [0.29, 0.717) is 12.2 Å². The van der Waals surface area contributed by atoms with Crippen LogP contribution in [0, 0.1) is 0 Å². The number of hydrogen-bond donors (Lipinski definition) is 2. The number of alkyl halides is 3. The first-order chi connectivity index (χ1) is 9.88. The van der Waals surface area contributed by atoms with Gasteiger partial charge < -0.3 is 11.1 Å². The van der Waals surface area contributed by atoms with Gasteiger partial charge in [0.1, 0.15) is 4.99 Å². The Hall–Kier alpha value is -2.15. The minimum Gasteiger partial charge on any atom is -0.389 e. The third-order valence-corrected chi connectivity index (χ3v) is 3.04. The number of rotatable bonds is 4. The van der Waals surface area contributed by atoms with E-state index in [1.807, 2.05) is 6.07 Å². The highest BCUT2D eigenvalue weighted by atomic mass is 32.1. The second-order valence-electron chi connectivity index (χ2n) is 4.34. The summed E-state index contributed by atoms with van der Waals surface area (Å²) in [4.78, 5) is 3.87. The lowest BCUT2D eigenvalue weighted by Gasteiger charge is -2.14. The molecule has 7 heteroatoms. The lowest BCUT2D eigenvalue weighted by atomic mass is 10.1. The van der Waals surface area contributed by atoms with Gasteiger partial charge in [-0.2, -0.15) is 13.2 Å². The molecule has 0 aliphatic heterocycles. The number of thiocarbonyl (C=S) groups is 1. The molecule has 21 heavy (non-hydrogen) atoms. The maximum Gasteiger partial charge on any atom is 0.416 e. The molecule has 2 rings (SSSR count). The Morgan fingerprint density at radius 3 is 2.62 bits per heavy atom. The third-order valence-electron chi connectivity index (χ3n) is 2.82. The summed E-state index contributed by atoms with van der Waals surface area (Å²) >= 11 is 4.82. The van der Waals surface area contributed by atoms with E-state index >= 15 is 0 Å². The molecule has 0 aliphatic carbocycles. The highest BCUT2D eigenvalue weighted by molar-refractivity contribution is 7.80. The molecule has 0 aliphatic rings. The fourth-order valence-corrected chi connectivity index (χ4v) is 1.95. The molecule has 2 aromatic rings. The maximum absolute atomic E-state index is 12.7. The van der Waals surface area contributed by atoms with Gasteiger partial charge in [-0.3, -0.25) is 4.98 Å². The van der Waals surface area contributed by atoms with Crippen molar-refractivity contribution in [3.05, 3.63) is 59.4 Å². The lowest BCUT2D eigenvalue weighted by molar-refractivity contribution is -0.137. The summed E-state index contributed by atoms with van der Waals surface area (Å²) in [7, 11) is 0. The van der Waals surface area contributed by atoms with Crippen LogP contribution in [0.25, 0.3) is 0 Å². The van der Waals surface area contributed by atoms with E-state index in [2.05, 4.69) is 10.3 Å². The molecule has 0 fully saturated rings. The first-order valence-corrected chi connectivity index (χ1v) is 6.42. The zero-order valence-electron chi connectivity index (χ0n) is 10.8. The molecule has 0 saturated heterocycles. The zero-order chi connectivity index (χ0) is 15.5. The number of aromatic nitrogens is 1. The van der Waals surface area contributed by atoms with Crippen molar-refractivity contribution in [2.45, 2.75) is 12.7 Å². The number of hydrogen-bond acceptors (Lipinski definition) is 3. The molecule has 0 spiro atoms. The Kier molecular flexibility index (Phi) is 4.42. The summed E-state index contributed by atoms with van der Waals surface area (Å²) in [5.74, 6) is 0. The number of nitrogens with one attached hydrogen (secondary N) is 1. The van der Waals surface area contributed by atoms with Gasteiger partial charge in [0.2, 0.25) is 0 Å². The number of nitrogens with two attached hydrogens (primary N) is 1. The molecule has 0 amide bonds. The monoisotopic (exact) mass is 311 g/mol. The average molecular weight is 311 g/mol. The van der Waals surface area contributed by atoms with Crippen LogP contribution in [-0.4, -0.2) is 9.97 Å². The summed E-state index contributed by atoms with van der Waals surface area (Å²) in [5, 5.41) is 3.01. The third kappa shape index (κ3) is 3.91. The highest BCUT2D eigenvalue weighted by Gasteiger charge is 2.31. The van der Waals surface area contributed by atoms with Crippen molar-refractivity contribution in [3.8, 4) is 0 Å². The van der Waals surface area contributed by atoms with Gasteiger partial charge in [0, 0.05) is 30.2 Å². The van der Waals surface area contributed by atoms with E-state index in [-0.39, 0.29) is 10.6 Å². The van der Waals surface area contributed by atoms with E-state index in [9.17, 15) is 13.2 Å². The molecular weight excluding hydrogens is 299 g/mol. The molecule has 0 radical (unpaired) electrons. The normalized spacial score (nSPS) is 11.2. The smallest absolute Gasteiger partial charge is 0.389 e. The number of anilines is 1. The molecule has 1 heterocycles. The van der Waals surface area contributed by atoms with Gasteiger partial charge in [-0.25, -0.2) is 0 Å². The Morgan fingerprint density at radius 2 is 2.05 bits per heavy atom. The van der Waals surface area contributed by atoms with Crippen molar-refractivity contribution in [1.29, 1.82) is 0 Å². The van der Waals surface area contributed by atoms with Gasteiger partial charge >= 0.3 is 6.18 Å². The summed E-state index contributed by atoms with van der Waals surface area (Å²) in [6.45, 7) is 0.412. The van der Waals surface area contributed by atoms with Crippen LogP contribution < -0.4 is 11.1 Å². The summed E-state index contributed by atoms with van der Waals surface area (Å²) < 4.78 is 38.1. The zero-order valence-corrected chi connectivity index (χ0v) is 11.6. The molecule has 110 valence electrons. The number of nitrogens with zero attached hydrogens (tertiary/aromatic N) is 1. The van der Waals surface area contributed by atoms with Gasteiger partial charge in [0.05, 0.1) is 5.56 Å². The Morgan fingerprint density at radius 1 is 1.29 bits per heavy atom.